The van der Waals surface area contributed by atoms with E-state index in [4.69, 9.17) is 0 Å². The zero-order valence-electron chi connectivity index (χ0n) is 11.9. The van der Waals surface area contributed by atoms with E-state index >= 15 is 0 Å². The number of halogens is 3. The lowest BCUT2D eigenvalue weighted by atomic mass is 9.95. The lowest BCUT2D eigenvalue weighted by Crippen LogP contribution is -2.55. The average molecular weight is 416 g/mol. The third kappa shape index (κ3) is 3.79. The van der Waals surface area contributed by atoms with E-state index in [2.05, 4.69) is 26.6 Å². The maximum Gasteiger partial charge on any atom is 0.245 e. The first-order valence-corrected chi connectivity index (χ1v) is 9.11. The predicted molar refractivity (Wildman–Crippen MR) is 89.7 cm³/mol. The quantitative estimate of drug-likeness (QED) is 0.793. The molecule has 1 aliphatic rings. The number of carbonyl (C=O) groups is 1. The number of carbonyl (C=O) groups excluding carboxylic acids is 1. The van der Waals surface area contributed by atoms with Gasteiger partial charge in [0.25, 0.3) is 0 Å². The highest BCUT2D eigenvalue weighted by Gasteiger charge is 2.48. The first-order valence-electron chi connectivity index (χ1n) is 6.43. The fraction of sp³-hybridized carbons (Fsp3) is 0.462. The molecular formula is C13H17BrClFN2O3S. The molecule has 5 nitrogen and oxygen atoms in total. The third-order valence-corrected chi connectivity index (χ3v) is 6.33. The fourth-order valence-corrected chi connectivity index (χ4v) is 4.13. The SMILES string of the molecule is CS(=O)(=O)C1(C(=O)Nc2ccc(F)c(Br)c2)CCNCC1.Cl. The second kappa shape index (κ2) is 7.25. The van der Waals surface area contributed by atoms with Crippen molar-refractivity contribution in [1.29, 1.82) is 0 Å². The van der Waals surface area contributed by atoms with Crippen LogP contribution in [0.5, 0.6) is 0 Å². The van der Waals surface area contributed by atoms with Crippen LogP contribution in [0.15, 0.2) is 22.7 Å². The molecule has 2 rings (SSSR count). The largest absolute Gasteiger partial charge is 0.325 e. The maximum absolute atomic E-state index is 13.2. The molecule has 0 bridgehead atoms. The lowest BCUT2D eigenvalue weighted by molar-refractivity contribution is -0.119. The summed E-state index contributed by atoms with van der Waals surface area (Å²) in [5.41, 5.74) is 0.356. The van der Waals surface area contributed by atoms with E-state index in [-0.39, 0.29) is 29.7 Å². The average Bonchev–Trinajstić information content (AvgIpc) is 2.42. The number of nitrogens with one attached hydrogen (secondary N) is 2. The van der Waals surface area contributed by atoms with Crippen molar-refractivity contribution >= 4 is 49.8 Å². The summed E-state index contributed by atoms with van der Waals surface area (Å²) in [7, 11) is -3.56. The minimum atomic E-state index is -3.56. The summed E-state index contributed by atoms with van der Waals surface area (Å²) < 4.78 is 36.2. The molecule has 124 valence electrons. The highest BCUT2D eigenvalue weighted by atomic mass is 79.9. The Morgan fingerprint density at radius 1 is 1.36 bits per heavy atom. The van der Waals surface area contributed by atoms with Gasteiger partial charge in [0.15, 0.2) is 14.6 Å². The van der Waals surface area contributed by atoms with Crippen molar-refractivity contribution in [1.82, 2.24) is 5.32 Å². The van der Waals surface area contributed by atoms with E-state index in [1.54, 1.807) is 0 Å². The number of rotatable bonds is 3. The number of sulfone groups is 1. The molecule has 1 amide bonds. The van der Waals surface area contributed by atoms with Crippen LogP contribution in [-0.4, -0.2) is 38.4 Å². The molecule has 0 unspecified atom stereocenters. The van der Waals surface area contributed by atoms with Crippen molar-refractivity contribution < 1.29 is 17.6 Å². The van der Waals surface area contributed by atoms with Crippen LogP contribution < -0.4 is 10.6 Å². The molecule has 0 spiro atoms. The van der Waals surface area contributed by atoms with Crippen LogP contribution in [0.2, 0.25) is 0 Å². The van der Waals surface area contributed by atoms with Gasteiger partial charge in [0.1, 0.15) is 5.82 Å². The summed E-state index contributed by atoms with van der Waals surface area (Å²) in [4.78, 5) is 12.5. The lowest BCUT2D eigenvalue weighted by Gasteiger charge is -2.34. The second-order valence-electron chi connectivity index (χ2n) is 5.10. The van der Waals surface area contributed by atoms with Crippen LogP contribution in [0, 0.1) is 5.82 Å². The minimum absolute atomic E-state index is 0. The van der Waals surface area contributed by atoms with E-state index in [1.165, 1.54) is 18.2 Å². The Labute approximate surface area is 143 Å². The van der Waals surface area contributed by atoms with Crippen molar-refractivity contribution in [2.75, 3.05) is 24.7 Å². The van der Waals surface area contributed by atoms with Crippen LogP contribution in [0.1, 0.15) is 12.8 Å². The standard InChI is InChI=1S/C13H16BrFN2O3S.ClH/c1-21(19,20)13(4-6-16-7-5-13)12(18)17-9-2-3-11(15)10(14)8-9;/h2-3,8,16H,4-7H2,1H3,(H,17,18);1H. The summed E-state index contributed by atoms with van der Waals surface area (Å²) in [5, 5.41) is 5.63. The summed E-state index contributed by atoms with van der Waals surface area (Å²) in [5.74, 6) is -1.02. The smallest absolute Gasteiger partial charge is 0.245 e. The van der Waals surface area contributed by atoms with E-state index in [1.807, 2.05) is 0 Å². The number of anilines is 1. The molecule has 1 saturated heterocycles. The van der Waals surface area contributed by atoms with Gasteiger partial charge in [0, 0.05) is 11.9 Å². The third-order valence-electron chi connectivity index (χ3n) is 3.71. The van der Waals surface area contributed by atoms with Gasteiger partial charge in [-0.3, -0.25) is 4.79 Å². The molecule has 2 N–H and O–H groups in total. The van der Waals surface area contributed by atoms with Gasteiger partial charge in [-0.05, 0) is 60.1 Å². The molecule has 1 aromatic rings. The number of benzene rings is 1. The minimum Gasteiger partial charge on any atom is -0.325 e. The summed E-state index contributed by atoms with van der Waals surface area (Å²) in [6.07, 6.45) is 1.53. The molecule has 1 aliphatic heterocycles. The van der Waals surface area contributed by atoms with E-state index in [0.717, 1.165) is 6.26 Å². The summed E-state index contributed by atoms with van der Waals surface area (Å²) >= 11 is 3.03. The van der Waals surface area contributed by atoms with Gasteiger partial charge in [-0.15, -0.1) is 12.4 Å². The van der Waals surface area contributed by atoms with Gasteiger partial charge in [0.05, 0.1) is 4.47 Å². The number of amides is 1. The van der Waals surface area contributed by atoms with E-state index < -0.39 is 26.3 Å². The number of hydrogen-bond acceptors (Lipinski definition) is 4. The van der Waals surface area contributed by atoms with Crippen LogP contribution >= 0.6 is 28.3 Å². The molecular weight excluding hydrogens is 399 g/mol. The number of hydrogen-bond donors (Lipinski definition) is 2. The van der Waals surface area contributed by atoms with Gasteiger partial charge in [-0.25, -0.2) is 12.8 Å². The van der Waals surface area contributed by atoms with Crippen LogP contribution in [0.25, 0.3) is 0 Å². The Bertz CT molecular complexity index is 663. The Kier molecular flexibility index (Phi) is 6.37. The molecule has 1 aromatic carbocycles. The molecule has 0 aliphatic carbocycles. The van der Waals surface area contributed by atoms with E-state index in [0.29, 0.717) is 18.8 Å². The van der Waals surface area contributed by atoms with Crippen molar-refractivity contribution in [3.63, 3.8) is 0 Å². The highest BCUT2D eigenvalue weighted by Crippen LogP contribution is 2.30. The molecule has 0 saturated carbocycles. The highest BCUT2D eigenvalue weighted by molar-refractivity contribution is 9.10. The Hall–Kier alpha value is -0.700. The molecule has 0 radical (unpaired) electrons. The first kappa shape index (κ1) is 19.3. The first-order chi connectivity index (χ1) is 9.76. The Morgan fingerprint density at radius 2 is 1.95 bits per heavy atom. The zero-order valence-corrected chi connectivity index (χ0v) is 15.1. The van der Waals surface area contributed by atoms with Crippen molar-refractivity contribution in [2.24, 2.45) is 0 Å². The maximum atomic E-state index is 13.2. The molecule has 1 fully saturated rings. The Balaban J connectivity index is 0.00000242. The molecule has 9 heteroatoms. The van der Waals surface area contributed by atoms with Gasteiger partial charge >= 0.3 is 0 Å². The van der Waals surface area contributed by atoms with Gasteiger partial charge in [-0.2, -0.15) is 0 Å². The normalized spacial score (nSPS) is 17.4. The molecule has 0 atom stereocenters. The van der Waals surface area contributed by atoms with Gasteiger partial charge < -0.3 is 10.6 Å². The summed E-state index contributed by atoms with van der Waals surface area (Å²) in [6, 6.07) is 4.01. The summed E-state index contributed by atoms with van der Waals surface area (Å²) in [6.45, 7) is 0.932. The number of piperidine rings is 1. The van der Waals surface area contributed by atoms with E-state index in [9.17, 15) is 17.6 Å². The fourth-order valence-electron chi connectivity index (χ4n) is 2.42. The molecule has 1 heterocycles. The van der Waals surface area contributed by atoms with Crippen LogP contribution in [0.4, 0.5) is 10.1 Å². The predicted octanol–water partition coefficient (Wildman–Crippen LogP) is 2.12. The molecule has 0 aromatic heterocycles. The second-order valence-corrected chi connectivity index (χ2v) is 8.28. The van der Waals surface area contributed by atoms with Crippen molar-refractivity contribution in [3.05, 3.63) is 28.5 Å². The van der Waals surface area contributed by atoms with Gasteiger partial charge in [0.2, 0.25) is 5.91 Å². The zero-order chi connectivity index (χ0) is 15.7. The monoisotopic (exact) mass is 414 g/mol. The molecule has 22 heavy (non-hydrogen) atoms. The van der Waals surface area contributed by atoms with Crippen LogP contribution in [-0.2, 0) is 14.6 Å². The Morgan fingerprint density at radius 3 is 2.45 bits per heavy atom. The van der Waals surface area contributed by atoms with Crippen molar-refractivity contribution in [2.45, 2.75) is 17.6 Å². The van der Waals surface area contributed by atoms with Gasteiger partial charge in [-0.1, -0.05) is 0 Å². The topological polar surface area (TPSA) is 75.3 Å². The van der Waals surface area contributed by atoms with Crippen LogP contribution in [0.3, 0.4) is 0 Å². The van der Waals surface area contributed by atoms with Crippen molar-refractivity contribution in [3.8, 4) is 0 Å².